The van der Waals surface area contributed by atoms with Gasteiger partial charge in [0.25, 0.3) is 0 Å². The number of carbonyl (C=O) groups is 1. The van der Waals surface area contributed by atoms with Gasteiger partial charge in [0.1, 0.15) is 6.61 Å². The standard InChI is InChI=1S/C14H18N4O3S2/c1-9(7-21-11-6-4-3-5-10(11)20-2)16-12(19)8-22-14-18-17-13(15)23-14/h3-6,9H,7-8H2,1-2H3,(H2,15,17)(H,16,19). The van der Waals surface area contributed by atoms with Gasteiger partial charge in [0, 0.05) is 0 Å². The fourth-order valence-electron chi connectivity index (χ4n) is 1.72. The number of nitrogens with two attached hydrogens (primary N) is 1. The molecule has 1 unspecified atom stereocenters. The lowest BCUT2D eigenvalue weighted by molar-refractivity contribution is -0.119. The molecule has 0 saturated carbocycles. The Morgan fingerprint density at radius 2 is 2.13 bits per heavy atom. The monoisotopic (exact) mass is 354 g/mol. The Balaban J connectivity index is 1.73. The third-order valence-electron chi connectivity index (χ3n) is 2.71. The van der Waals surface area contributed by atoms with E-state index in [2.05, 4.69) is 15.5 Å². The highest BCUT2D eigenvalue weighted by molar-refractivity contribution is 8.01. The number of carbonyl (C=O) groups excluding carboxylic acids is 1. The summed E-state index contributed by atoms with van der Waals surface area (Å²) in [4.78, 5) is 11.9. The molecule has 2 rings (SSSR count). The molecular weight excluding hydrogens is 336 g/mol. The molecule has 1 atom stereocenters. The molecule has 0 saturated heterocycles. The minimum atomic E-state index is -0.132. The van der Waals surface area contributed by atoms with Crippen LogP contribution in [0.5, 0.6) is 11.5 Å². The van der Waals surface area contributed by atoms with Gasteiger partial charge in [0.15, 0.2) is 15.8 Å². The van der Waals surface area contributed by atoms with E-state index in [1.54, 1.807) is 7.11 Å². The van der Waals surface area contributed by atoms with Crippen LogP contribution in [0.1, 0.15) is 6.92 Å². The van der Waals surface area contributed by atoms with Gasteiger partial charge in [-0.1, -0.05) is 35.2 Å². The molecule has 0 aliphatic heterocycles. The fraction of sp³-hybridized carbons (Fsp3) is 0.357. The number of hydrogen-bond donors (Lipinski definition) is 2. The summed E-state index contributed by atoms with van der Waals surface area (Å²) in [6, 6.07) is 7.25. The van der Waals surface area contributed by atoms with Crippen LogP contribution >= 0.6 is 23.1 Å². The van der Waals surface area contributed by atoms with Crippen molar-refractivity contribution in [1.29, 1.82) is 0 Å². The molecule has 9 heteroatoms. The zero-order chi connectivity index (χ0) is 16.7. The second-order valence-corrected chi connectivity index (χ2v) is 6.86. The molecule has 1 aromatic heterocycles. The highest BCUT2D eigenvalue weighted by atomic mass is 32.2. The van der Waals surface area contributed by atoms with E-state index < -0.39 is 0 Å². The summed E-state index contributed by atoms with van der Waals surface area (Å²) >= 11 is 2.56. The molecule has 3 N–H and O–H groups in total. The van der Waals surface area contributed by atoms with Crippen molar-refractivity contribution in [2.24, 2.45) is 0 Å². The lowest BCUT2D eigenvalue weighted by Crippen LogP contribution is -2.37. The summed E-state index contributed by atoms with van der Waals surface area (Å²) in [6.45, 7) is 2.23. The van der Waals surface area contributed by atoms with Gasteiger partial charge in [-0.25, -0.2) is 0 Å². The van der Waals surface area contributed by atoms with Crippen molar-refractivity contribution < 1.29 is 14.3 Å². The number of anilines is 1. The molecule has 0 aliphatic rings. The van der Waals surface area contributed by atoms with Crippen LogP contribution in [0.2, 0.25) is 0 Å². The van der Waals surface area contributed by atoms with Gasteiger partial charge < -0.3 is 20.5 Å². The molecule has 0 radical (unpaired) electrons. The number of methoxy groups -OCH3 is 1. The van der Waals surface area contributed by atoms with E-state index >= 15 is 0 Å². The first kappa shape index (κ1) is 17.4. The molecule has 1 amide bonds. The van der Waals surface area contributed by atoms with E-state index in [0.29, 0.717) is 27.6 Å². The van der Waals surface area contributed by atoms with Crippen LogP contribution in [0.15, 0.2) is 28.6 Å². The average Bonchev–Trinajstić information content (AvgIpc) is 2.96. The summed E-state index contributed by atoms with van der Waals surface area (Å²) in [5, 5.41) is 10.8. The first-order chi connectivity index (χ1) is 11.1. The third kappa shape index (κ3) is 5.61. The summed E-state index contributed by atoms with van der Waals surface area (Å²) < 4.78 is 11.6. The molecule has 0 aliphatic carbocycles. The predicted octanol–water partition coefficient (Wildman–Crippen LogP) is 1.80. The average molecular weight is 354 g/mol. The number of amides is 1. The molecule has 1 heterocycles. The predicted molar refractivity (Wildman–Crippen MR) is 91.1 cm³/mol. The summed E-state index contributed by atoms with van der Waals surface area (Å²) in [5.74, 6) is 1.47. The van der Waals surface area contributed by atoms with Gasteiger partial charge in [-0.05, 0) is 19.1 Å². The molecular formula is C14H18N4O3S2. The number of nitrogens with one attached hydrogen (secondary N) is 1. The van der Waals surface area contributed by atoms with Crippen molar-refractivity contribution in [2.75, 3.05) is 25.2 Å². The minimum absolute atomic E-state index is 0.0973. The van der Waals surface area contributed by atoms with E-state index in [-0.39, 0.29) is 17.7 Å². The second kappa shape index (κ2) is 8.59. The zero-order valence-corrected chi connectivity index (χ0v) is 14.4. The number of nitrogen functional groups attached to an aromatic ring is 1. The smallest absolute Gasteiger partial charge is 0.230 e. The largest absolute Gasteiger partial charge is 0.493 e. The quantitative estimate of drug-likeness (QED) is 0.697. The Morgan fingerprint density at radius 1 is 1.39 bits per heavy atom. The lowest BCUT2D eigenvalue weighted by Gasteiger charge is -2.16. The topological polar surface area (TPSA) is 99.4 Å². The van der Waals surface area contributed by atoms with Crippen LogP contribution in [0.25, 0.3) is 0 Å². The number of ether oxygens (including phenoxy) is 2. The van der Waals surface area contributed by atoms with Crippen LogP contribution in [-0.2, 0) is 4.79 Å². The van der Waals surface area contributed by atoms with Gasteiger partial charge in [-0.2, -0.15) is 0 Å². The van der Waals surface area contributed by atoms with Crippen molar-refractivity contribution in [2.45, 2.75) is 17.3 Å². The Labute approximate surface area is 142 Å². The van der Waals surface area contributed by atoms with Crippen LogP contribution in [-0.4, -0.2) is 41.6 Å². The molecule has 0 bridgehead atoms. The third-order valence-corrected chi connectivity index (χ3v) is 4.60. The van der Waals surface area contributed by atoms with Crippen LogP contribution in [0, 0.1) is 0 Å². The summed E-state index contributed by atoms with van der Waals surface area (Å²) in [7, 11) is 1.59. The maximum Gasteiger partial charge on any atom is 0.230 e. The Bertz CT molecular complexity index is 650. The van der Waals surface area contributed by atoms with Crippen LogP contribution in [0.4, 0.5) is 5.13 Å². The molecule has 2 aromatic rings. The van der Waals surface area contributed by atoms with Gasteiger partial charge in [0.2, 0.25) is 11.0 Å². The first-order valence-corrected chi connectivity index (χ1v) is 8.65. The van der Waals surface area contributed by atoms with E-state index in [0.717, 1.165) is 0 Å². The van der Waals surface area contributed by atoms with Crippen molar-refractivity contribution in [3.8, 4) is 11.5 Å². The molecule has 0 spiro atoms. The number of nitrogens with zero attached hydrogens (tertiary/aromatic N) is 2. The highest BCUT2D eigenvalue weighted by Gasteiger charge is 2.11. The zero-order valence-electron chi connectivity index (χ0n) is 12.8. The minimum Gasteiger partial charge on any atom is -0.493 e. The number of rotatable bonds is 8. The maximum absolute atomic E-state index is 11.9. The summed E-state index contributed by atoms with van der Waals surface area (Å²) in [6.07, 6.45) is 0. The Morgan fingerprint density at radius 3 is 2.78 bits per heavy atom. The Hall–Kier alpha value is -2.00. The van der Waals surface area contributed by atoms with Gasteiger partial charge in [-0.3, -0.25) is 4.79 Å². The van der Waals surface area contributed by atoms with E-state index in [1.165, 1.54) is 23.1 Å². The molecule has 124 valence electrons. The first-order valence-electron chi connectivity index (χ1n) is 6.85. The molecule has 23 heavy (non-hydrogen) atoms. The van der Waals surface area contributed by atoms with Crippen molar-refractivity contribution in [1.82, 2.24) is 15.5 Å². The molecule has 0 fully saturated rings. The number of para-hydroxylation sites is 2. The van der Waals surface area contributed by atoms with Gasteiger partial charge >= 0.3 is 0 Å². The highest BCUT2D eigenvalue weighted by Crippen LogP contribution is 2.26. The normalized spacial score (nSPS) is 11.7. The van der Waals surface area contributed by atoms with Gasteiger partial charge in [-0.15, -0.1) is 10.2 Å². The number of benzene rings is 1. The Kier molecular flexibility index (Phi) is 6.48. The molecule has 7 nitrogen and oxygen atoms in total. The van der Waals surface area contributed by atoms with Crippen molar-refractivity contribution in [3.63, 3.8) is 0 Å². The number of aromatic nitrogens is 2. The second-order valence-electron chi connectivity index (χ2n) is 4.63. The molecule has 1 aromatic carbocycles. The van der Waals surface area contributed by atoms with Gasteiger partial charge in [0.05, 0.1) is 18.9 Å². The van der Waals surface area contributed by atoms with E-state index in [4.69, 9.17) is 15.2 Å². The lowest BCUT2D eigenvalue weighted by atomic mass is 10.3. The van der Waals surface area contributed by atoms with Crippen LogP contribution < -0.4 is 20.5 Å². The maximum atomic E-state index is 11.9. The number of hydrogen-bond acceptors (Lipinski definition) is 8. The number of thioether (sulfide) groups is 1. The van der Waals surface area contributed by atoms with E-state index in [1.807, 2.05) is 31.2 Å². The van der Waals surface area contributed by atoms with E-state index in [9.17, 15) is 4.79 Å². The fourth-order valence-corrected chi connectivity index (χ4v) is 3.16. The van der Waals surface area contributed by atoms with Crippen LogP contribution in [0.3, 0.4) is 0 Å². The van der Waals surface area contributed by atoms with Crippen molar-refractivity contribution in [3.05, 3.63) is 24.3 Å². The van der Waals surface area contributed by atoms with Crippen molar-refractivity contribution >= 4 is 34.1 Å². The summed E-state index contributed by atoms with van der Waals surface area (Å²) in [5.41, 5.74) is 5.49. The SMILES string of the molecule is COc1ccccc1OCC(C)NC(=O)CSc1nnc(N)s1.